The van der Waals surface area contributed by atoms with Gasteiger partial charge in [0.25, 0.3) is 5.56 Å². The topological polar surface area (TPSA) is 158 Å². The summed E-state index contributed by atoms with van der Waals surface area (Å²) in [5.41, 5.74) is -0.888. The molecule has 2 fully saturated rings. The van der Waals surface area contributed by atoms with Gasteiger partial charge in [0, 0.05) is 12.1 Å². The molecule has 2 heterocycles. The highest BCUT2D eigenvalue weighted by Crippen LogP contribution is 2.55. The van der Waals surface area contributed by atoms with Crippen LogP contribution in [-0.2, 0) is 23.4 Å². The van der Waals surface area contributed by atoms with Crippen LogP contribution in [0.15, 0.2) is 51.1 Å². The minimum Gasteiger partial charge on any atom is -0.468 e. The Morgan fingerprint density at radius 1 is 1.36 bits per heavy atom. The van der Waals surface area contributed by atoms with Crippen molar-refractivity contribution >= 4 is 35.7 Å². The van der Waals surface area contributed by atoms with Crippen LogP contribution in [0.1, 0.15) is 18.5 Å². The van der Waals surface area contributed by atoms with Gasteiger partial charge in [0.2, 0.25) is 0 Å². The van der Waals surface area contributed by atoms with Gasteiger partial charge in [-0.2, -0.15) is 5.09 Å². The van der Waals surface area contributed by atoms with E-state index in [1.807, 2.05) is 0 Å². The molecule has 3 N–H and O–H groups in total. The number of methoxy groups -OCH3 is 1. The second-order valence-electron chi connectivity index (χ2n) is 8.31. The first kappa shape index (κ1) is 26.5. The summed E-state index contributed by atoms with van der Waals surface area (Å²) in [7, 11) is -2.90. The number of hydrogen-bond donors (Lipinski definition) is 3. The first-order valence-electron chi connectivity index (χ1n) is 11.0. The molecule has 0 radical (unpaired) electrons. The molecule has 12 nitrogen and oxygen atoms in total. The Morgan fingerprint density at radius 3 is 2.69 bits per heavy atom. The number of halogens is 1. The van der Waals surface area contributed by atoms with Crippen LogP contribution in [0.5, 0.6) is 5.75 Å². The molecule has 0 amide bonds. The van der Waals surface area contributed by atoms with Crippen LogP contribution >= 0.6 is 23.7 Å². The molecule has 14 heteroatoms. The lowest BCUT2D eigenvalue weighted by molar-refractivity contribution is -0.142. The third-order valence-electron chi connectivity index (χ3n) is 5.92. The number of benzene rings is 1. The van der Waals surface area contributed by atoms with Gasteiger partial charge in [-0.3, -0.25) is 23.7 Å². The van der Waals surface area contributed by atoms with E-state index in [1.54, 1.807) is 30.3 Å². The van der Waals surface area contributed by atoms with E-state index in [0.717, 1.165) is 0 Å². The number of nitrogens with one attached hydrogen (secondary N) is 2. The third-order valence-corrected chi connectivity index (χ3v) is 7.83. The van der Waals surface area contributed by atoms with Crippen molar-refractivity contribution in [1.82, 2.24) is 14.6 Å². The molecule has 1 saturated heterocycles. The maximum atomic E-state index is 13.4. The van der Waals surface area contributed by atoms with Crippen LogP contribution in [0.4, 0.5) is 0 Å². The average Bonchev–Trinajstić information content (AvgIpc) is 3.46. The van der Waals surface area contributed by atoms with Crippen molar-refractivity contribution in [2.75, 3.05) is 13.7 Å². The highest BCUT2D eigenvalue weighted by atomic mass is 79.9. The van der Waals surface area contributed by atoms with Crippen LogP contribution in [0.25, 0.3) is 6.08 Å². The molecule has 0 spiro atoms. The lowest BCUT2D eigenvalue weighted by Crippen LogP contribution is -2.38. The lowest BCUT2D eigenvalue weighted by Gasteiger charge is -2.25. The Balaban J connectivity index is 1.44. The predicted octanol–water partition coefficient (Wildman–Crippen LogP) is 1.56. The Hall–Kier alpha value is -2.54. The van der Waals surface area contributed by atoms with E-state index >= 15 is 0 Å². The number of carbonyl (C=O) groups excluding carboxylic acids is 1. The van der Waals surface area contributed by atoms with Crippen molar-refractivity contribution in [3.05, 3.63) is 67.9 Å². The van der Waals surface area contributed by atoms with Gasteiger partial charge in [0.15, 0.2) is 0 Å². The molecule has 0 bridgehead atoms. The van der Waals surface area contributed by atoms with Crippen molar-refractivity contribution in [1.29, 1.82) is 0 Å². The molecule has 7 atom stereocenters. The molecule has 194 valence electrons. The van der Waals surface area contributed by atoms with Gasteiger partial charge in [0.1, 0.15) is 17.9 Å². The number of hydrogen-bond acceptors (Lipinski definition) is 9. The molecule has 4 rings (SSSR count). The van der Waals surface area contributed by atoms with Crippen LogP contribution in [0.2, 0.25) is 0 Å². The summed E-state index contributed by atoms with van der Waals surface area (Å²) >= 11 is 3.10. The molecule has 1 aliphatic heterocycles. The second kappa shape index (κ2) is 10.8. The van der Waals surface area contributed by atoms with Gasteiger partial charge in [-0.05, 0) is 30.1 Å². The van der Waals surface area contributed by atoms with Gasteiger partial charge < -0.3 is 19.1 Å². The Bertz CT molecular complexity index is 1300. The maximum absolute atomic E-state index is 13.4. The van der Waals surface area contributed by atoms with Gasteiger partial charge in [-0.25, -0.2) is 9.36 Å². The number of aromatic nitrogens is 2. The van der Waals surface area contributed by atoms with Crippen LogP contribution in [-0.4, -0.2) is 58.7 Å². The number of rotatable bonds is 10. The molecular formula is C22H25BrN3O9P. The minimum absolute atomic E-state index is 0.243. The van der Waals surface area contributed by atoms with E-state index in [0.29, 0.717) is 0 Å². The highest BCUT2D eigenvalue weighted by molar-refractivity contribution is 9.11. The SMILES string of the molecule is COC(=O)[C@H](C)NP(=O)(OCC1OC2C(C2n2cc(/C=C/Br)c(=O)[nH]c2=O)[C@@H]1O)Oc1ccccc1. The van der Waals surface area contributed by atoms with Gasteiger partial charge in [-0.15, -0.1) is 0 Å². The number of carbonyl (C=O) groups is 1. The zero-order valence-electron chi connectivity index (χ0n) is 19.3. The number of para-hydroxylation sites is 1. The molecule has 2 aliphatic rings. The second-order valence-corrected chi connectivity index (χ2v) is 10.5. The third kappa shape index (κ3) is 5.56. The van der Waals surface area contributed by atoms with Crippen molar-refractivity contribution in [3.8, 4) is 5.75 Å². The van der Waals surface area contributed by atoms with E-state index in [9.17, 15) is 24.1 Å². The molecule has 1 aliphatic carbocycles. The quantitative estimate of drug-likeness (QED) is 0.276. The van der Waals surface area contributed by atoms with Crippen molar-refractivity contribution in [2.45, 2.75) is 37.3 Å². The standard InChI is InChI=1S/C22H25BrN3O9P/c1-12(21(29)32-2)25-36(31,35-14-6-4-3-5-7-14)33-11-15-18(27)16-17(19(16)34-15)26-10-13(8-9-23)20(28)24-22(26)30/h3-10,12,15-19,27H,11H2,1-2H3,(H,25,31)(H,24,28,30)/b9-8+/t12-,15?,16?,17?,18+,19?,36?/m0/s1. The number of fused-ring (bicyclic) bond motifs is 1. The van der Waals surface area contributed by atoms with Crippen molar-refractivity contribution < 1.29 is 33.0 Å². The summed E-state index contributed by atoms with van der Waals surface area (Å²) in [6.45, 7) is 1.13. The van der Waals surface area contributed by atoms with E-state index in [-0.39, 0.29) is 17.9 Å². The van der Waals surface area contributed by atoms with Crippen LogP contribution < -0.4 is 20.9 Å². The Labute approximate surface area is 213 Å². The summed E-state index contributed by atoms with van der Waals surface area (Å²) in [5, 5.41) is 13.3. The fraction of sp³-hybridized carbons (Fsp3) is 0.409. The summed E-state index contributed by atoms with van der Waals surface area (Å²) in [6.07, 6.45) is 0.489. The Kier molecular flexibility index (Phi) is 7.98. The molecule has 1 saturated carbocycles. The number of H-pyrrole nitrogens is 1. The summed E-state index contributed by atoms with van der Waals surface area (Å²) < 4.78 is 36.4. The molecular weight excluding hydrogens is 561 g/mol. The zero-order chi connectivity index (χ0) is 26.0. The van der Waals surface area contributed by atoms with Crippen molar-refractivity contribution in [2.24, 2.45) is 5.92 Å². The van der Waals surface area contributed by atoms with Gasteiger partial charge in [-0.1, -0.05) is 34.1 Å². The van der Waals surface area contributed by atoms with Crippen LogP contribution in [0.3, 0.4) is 0 Å². The molecule has 36 heavy (non-hydrogen) atoms. The first-order valence-corrected chi connectivity index (χ1v) is 13.4. The molecule has 1 aromatic heterocycles. The first-order chi connectivity index (χ1) is 17.2. The number of aliphatic hydroxyl groups excluding tert-OH is 1. The molecule has 1 aromatic carbocycles. The smallest absolute Gasteiger partial charge is 0.459 e. The largest absolute Gasteiger partial charge is 0.468 e. The number of esters is 1. The van der Waals surface area contributed by atoms with E-state index in [4.69, 9.17) is 13.8 Å². The maximum Gasteiger partial charge on any atom is 0.459 e. The van der Waals surface area contributed by atoms with Gasteiger partial charge >= 0.3 is 19.4 Å². The average molecular weight is 586 g/mol. The zero-order valence-corrected chi connectivity index (χ0v) is 21.8. The summed E-state index contributed by atoms with van der Waals surface area (Å²) in [5.74, 6) is -0.858. The number of aliphatic hydroxyl groups is 1. The van der Waals surface area contributed by atoms with Crippen molar-refractivity contribution in [3.63, 3.8) is 0 Å². The monoisotopic (exact) mass is 585 g/mol. The summed E-state index contributed by atoms with van der Waals surface area (Å²) in [4.78, 5) is 39.8. The van der Waals surface area contributed by atoms with E-state index in [1.165, 1.54) is 35.9 Å². The fourth-order valence-electron chi connectivity index (χ4n) is 4.13. The highest BCUT2D eigenvalue weighted by Gasteiger charge is 2.65. The fourth-order valence-corrected chi connectivity index (χ4v) is 5.91. The van der Waals surface area contributed by atoms with E-state index in [2.05, 4.69) is 30.7 Å². The number of nitrogens with zero attached hydrogens (tertiary/aromatic N) is 1. The van der Waals surface area contributed by atoms with Gasteiger partial charge in [0.05, 0.1) is 37.5 Å². The minimum atomic E-state index is -4.10. The molecule has 2 aromatic rings. The van der Waals surface area contributed by atoms with Crippen LogP contribution in [0, 0.1) is 5.92 Å². The predicted molar refractivity (Wildman–Crippen MR) is 132 cm³/mol. The Morgan fingerprint density at radius 2 is 2.08 bits per heavy atom. The number of ether oxygens (including phenoxy) is 2. The lowest BCUT2D eigenvalue weighted by atomic mass is 10.1. The number of aromatic amines is 1. The molecule has 5 unspecified atom stereocenters. The summed E-state index contributed by atoms with van der Waals surface area (Å²) in [6, 6.07) is 6.77. The van der Waals surface area contributed by atoms with E-state index < -0.39 is 61.3 Å². The normalized spacial score (nSPS) is 27.3.